The maximum absolute atomic E-state index is 12.3. The molecule has 0 radical (unpaired) electrons. The molecule has 0 aliphatic heterocycles. The Morgan fingerprint density at radius 2 is 1.93 bits per heavy atom. The number of terminal acetylenes is 1. The number of carboxylic acid groups (broad SMARTS) is 1. The summed E-state index contributed by atoms with van der Waals surface area (Å²) in [7, 11) is 0. The van der Waals surface area contributed by atoms with E-state index >= 15 is 0 Å². The van der Waals surface area contributed by atoms with Crippen LogP contribution in [0.25, 0.3) is 0 Å². The third-order valence-electron chi connectivity index (χ3n) is 1.65. The summed E-state index contributed by atoms with van der Waals surface area (Å²) in [5.74, 6) is -1.55. The monoisotopic (exact) mass is 223 g/mol. The first kappa shape index (κ1) is 13.3. The van der Waals surface area contributed by atoms with Gasteiger partial charge in [-0.05, 0) is 6.92 Å². The van der Waals surface area contributed by atoms with Crippen LogP contribution in [-0.4, -0.2) is 28.7 Å². The van der Waals surface area contributed by atoms with Crippen molar-refractivity contribution in [1.82, 2.24) is 5.32 Å². The molecule has 0 saturated heterocycles. The minimum Gasteiger partial charge on any atom is -0.479 e. The number of hydrogen-bond donors (Lipinski definition) is 2. The number of halogens is 3. The van der Waals surface area contributed by atoms with E-state index in [9.17, 15) is 22.8 Å². The predicted molar refractivity (Wildman–Crippen MR) is 43.7 cm³/mol. The van der Waals surface area contributed by atoms with Crippen LogP contribution >= 0.6 is 0 Å². The highest BCUT2D eigenvalue weighted by Gasteiger charge is 2.58. The van der Waals surface area contributed by atoms with Gasteiger partial charge in [0.2, 0.25) is 11.4 Å². The third kappa shape index (κ3) is 2.87. The number of hydrogen-bond acceptors (Lipinski definition) is 2. The molecule has 0 fully saturated rings. The summed E-state index contributed by atoms with van der Waals surface area (Å²) in [6.45, 7) is 0.351. The lowest BCUT2D eigenvalue weighted by molar-refractivity contribution is -0.206. The van der Waals surface area contributed by atoms with Crippen LogP contribution in [0.2, 0.25) is 0 Å². The van der Waals surface area contributed by atoms with Gasteiger partial charge in [0.25, 0.3) is 0 Å². The molecule has 0 aromatic rings. The first-order valence-electron chi connectivity index (χ1n) is 3.69. The summed E-state index contributed by atoms with van der Waals surface area (Å²) in [5, 5.41) is 9.73. The summed E-state index contributed by atoms with van der Waals surface area (Å²) in [6.07, 6.45) is -1.01. The zero-order valence-corrected chi connectivity index (χ0v) is 7.68. The molecule has 4 nitrogen and oxygen atoms in total. The van der Waals surface area contributed by atoms with Gasteiger partial charge in [0.05, 0.1) is 6.42 Å². The van der Waals surface area contributed by atoms with Crippen LogP contribution in [0, 0.1) is 12.3 Å². The van der Waals surface area contributed by atoms with E-state index in [1.54, 1.807) is 0 Å². The molecule has 0 aromatic carbocycles. The Labute approximate surface area is 83.5 Å². The van der Waals surface area contributed by atoms with E-state index in [1.807, 2.05) is 5.92 Å². The summed E-state index contributed by atoms with van der Waals surface area (Å²) >= 11 is 0. The Bertz CT molecular complexity index is 318. The van der Waals surface area contributed by atoms with Crippen molar-refractivity contribution in [1.29, 1.82) is 0 Å². The van der Waals surface area contributed by atoms with Gasteiger partial charge >= 0.3 is 12.1 Å². The highest BCUT2D eigenvalue weighted by atomic mass is 19.4. The average Bonchev–Trinajstić information content (AvgIpc) is 2.01. The van der Waals surface area contributed by atoms with Crippen LogP contribution in [0.15, 0.2) is 0 Å². The molecule has 84 valence electrons. The number of carboxylic acids is 1. The van der Waals surface area contributed by atoms with Gasteiger partial charge in [-0.25, -0.2) is 4.79 Å². The Hall–Kier alpha value is -1.71. The molecule has 0 rings (SSSR count). The average molecular weight is 223 g/mol. The van der Waals surface area contributed by atoms with Gasteiger partial charge in [0, 0.05) is 0 Å². The minimum atomic E-state index is -5.09. The number of aliphatic carboxylic acids is 1. The fourth-order valence-electron chi connectivity index (χ4n) is 0.661. The van der Waals surface area contributed by atoms with E-state index < -0.39 is 30.0 Å². The van der Waals surface area contributed by atoms with Crippen LogP contribution in [0.5, 0.6) is 0 Å². The van der Waals surface area contributed by atoms with Gasteiger partial charge in [-0.2, -0.15) is 13.2 Å². The molecule has 1 unspecified atom stereocenters. The summed E-state index contributed by atoms with van der Waals surface area (Å²) in [5.41, 5.74) is -3.32. The van der Waals surface area contributed by atoms with Gasteiger partial charge < -0.3 is 10.4 Å². The van der Waals surface area contributed by atoms with E-state index in [2.05, 4.69) is 0 Å². The third-order valence-corrected chi connectivity index (χ3v) is 1.65. The SMILES string of the molecule is C#CCC(=O)NC(C)(C(=O)O)C(F)(F)F. The van der Waals surface area contributed by atoms with E-state index in [1.165, 1.54) is 5.32 Å². The molecule has 1 atom stereocenters. The summed E-state index contributed by atoms with van der Waals surface area (Å²) in [6, 6.07) is 0. The predicted octanol–water partition coefficient (Wildman–Crippen LogP) is 0.531. The molecule has 0 aromatic heterocycles. The topological polar surface area (TPSA) is 66.4 Å². The lowest BCUT2D eigenvalue weighted by Gasteiger charge is -2.28. The molecule has 0 bridgehead atoms. The molecular weight excluding hydrogens is 215 g/mol. The number of alkyl halides is 3. The first-order chi connectivity index (χ1) is 6.65. The number of carbonyl (C=O) groups is 2. The Morgan fingerprint density at radius 3 is 2.20 bits per heavy atom. The summed E-state index contributed by atoms with van der Waals surface area (Å²) in [4.78, 5) is 21.2. The normalized spacial score (nSPS) is 14.9. The zero-order chi connectivity index (χ0) is 12.3. The van der Waals surface area contributed by atoms with Gasteiger partial charge in [0.15, 0.2) is 0 Å². The van der Waals surface area contributed by atoms with Crippen LogP contribution < -0.4 is 5.32 Å². The van der Waals surface area contributed by atoms with Crippen LogP contribution in [0.3, 0.4) is 0 Å². The van der Waals surface area contributed by atoms with Crippen LogP contribution in [0.1, 0.15) is 13.3 Å². The van der Waals surface area contributed by atoms with Gasteiger partial charge in [-0.1, -0.05) is 5.92 Å². The van der Waals surface area contributed by atoms with Crippen LogP contribution in [0.4, 0.5) is 13.2 Å². The smallest absolute Gasteiger partial charge is 0.422 e. The maximum atomic E-state index is 12.3. The van der Waals surface area contributed by atoms with E-state index in [-0.39, 0.29) is 0 Å². The highest BCUT2D eigenvalue weighted by molar-refractivity contribution is 5.88. The van der Waals surface area contributed by atoms with Crippen LogP contribution in [-0.2, 0) is 9.59 Å². The van der Waals surface area contributed by atoms with E-state index in [4.69, 9.17) is 11.5 Å². The molecule has 2 N–H and O–H groups in total. The van der Waals surface area contributed by atoms with Crippen molar-refractivity contribution in [3.05, 3.63) is 0 Å². The fraction of sp³-hybridized carbons (Fsp3) is 0.500. The van der Waals surface area contributed by atoms with Crippen molar-refractivity contribution < 1.29 is 27.9 Å². The minimum absolute atomic E-state index is 0.351. The second-order valence-corrected chi connectivity index (χ2v) is 2.86. The van der Waals surface area contributed by atoms with Crippen molar-refractivity contribution in [2.45, 2.75) is 25.1 Å². The van der Waals surface area contributed by atoms with Crippen molar-refractivity contribution >= 4 is 11.9 Å². The Balaban J connectivity index is 4.94. The highest BCUT2D eigenvalue weighted by Crippen LogP contribution is 2.30. The number of rotatable bonds is 3. The molecule has 0 spiro atoms. The zero-order valence-electron chi connectivity index (χ0n) is 7.68. The lowest BCUT2D eigenvalue weighted by atomic mass is 10.0. The fourth-order valence-corrected chi connectivity index (χ4v) is 0.661. The quantitative estimate of drug-likeness (QED) is 0.686. The Morgan fingerprint density at radius 1 is 1.47 bits per heavy atom. The Kier molecular flexibility index (Phi) is 3.73. The number of carbonyl (C=O) groups excluding carboxylic acids is 1. The largest absolute Gasteiger partial charge is 0.479 e. The molecular formula is C8H8F3NO3. The number of nitrogens with one attached hydrogen (secondary N) is 1. The van der Waals surface area contributed by atoms with E-state index in [0.717, 1.165) is 0 Å². The summed E-state index contributed by atoms with van der Waals surface area (Å²) < 4.78 is 36.9. The lowest BCUT2D eigenvalue weighted by Crippen LogP contribution is -2.61. The van der Waals surface area contributed by atoms with Gasteiger partial charge in [0.1, 0.15) is 0 Å². The molecule has 0 saturated carbocycles. The first-order valence-corrected chi connectivity index (χ1v) is 3.69. The van der Waals surface area contributed by atoms with Crippen molar-refractivity contribution in [3.63, 3.8) is 0 Å². The van der Waals surface area contributed by atoms with Crippen molar-refractivity contribution in [3.8, 4) is 12.3 Å². The van der Waals surface area contributed by atoms with Gasteiger partial charge in [-0.15, -0.1) is 6.42 Å². The van der Waals surface area contributed by atoms with Crippen molar-refractivity contribution in [2.24, 2.45) is 0 Å². The van der Waals surface area contributed by atoms with Gasteiger partial charge in [-0.3, -0.25) is 4.79 Å². The van der Waals surface area contributed by atoms with Crippen molar-refractivity contribution in [2.75, 3.05) is 0 Å². The van der Waals surface area contributed by atoms with E-state index in [0.29, 0.717) is 6.92 Å². The molecule has 0 heterocycles. The molecule has 0 aliphatic carbocycles. The molecule has 1 amide bonds. The second-order valence-electron chi connectivity index (χ2n) is 2.86. The molecule has 7 heteroatoms. The molecule has 0 aliphatic rings. The standard InChI is InChI=1S/C8H8F3NO3/c1-3-4-5(13)12-7(2,6(14)15)8(9,10)11/h1H,4H2,2H3,(H,12,13)(H,14,15). The number of amides is 1. The molecule has 15 heavy (non-hydrogen) atoms. The maximum Gasteiger partial charge on any atom is 0.422 e. The second kappa shape index (κ2) is 4.21.